The summed E-state index contributed by atoms with van der Waals surface area (Å²) >= 11 is 5.55. The predicted octanol–water partition coefficient (Wildman–Crippen LogP) is 0.665. The third-order valence-electron chi connectivity index (χ3n) is 4.14. The van der Waals surface area contributed by atoms with Gasteiger partial charge in [-0.2, -0.15) is 0 Å². The molecule has 1 saturated carbocycles. The second kappa shape index (κ2) is 8.84. The van der Waals surface area contributed by atoms with E-state index in [0.717, 1.165) is 31.4 Å². The van der Waals surface area contributed by atoms with E-state index in [2.05, 4.69) is 4.52 Å². The van der Waals surface area contributed by atoms with Crippen LogP contribution in [0.3, 0.4) is 0 Å². The molecule has 0 aliphatic heterocycles. The molecule has 2 rings (SSSR count). The van der Waals surface area contributed by atoms with Crippen molar-refractivity contribution < 1.29 is 33.5 Å². The summed E-state index contributed by atoms with van der Waals surface area (Å²) in [6.45, 7) is 0.323. The average molecular weight is 421 g/mol. The molecule has 0 aromatic heterocycles. The van der Waals surface area contributed by atoms with Crippen LogP contribution in [0, 0.1) is 11.7 Å². The van der Waals surface area contributed by atoms with E-state index in [1.54, 1.807) is 0 Å². The lowest BCUT2D eigenvalue weighted by Crippen LogP contribution is -2.41. The van der Waals surface area contributed by atoms with Crippen molar-refractivity contribution in [2.24, 2.45) is 11.7 Å². The number of benzene rings is 1. The second-order valence-corrected chi connectivity index (χ2v) is 7.90. The van der Waals surface area contributed by atoms with Crippen LogP contribution in [-0.4, -0.2) is 32.3 Å². The number of hydrogen-bond acceptors (Lipinski definition) is 4. The smallest absolute Gasteiger partial charge is 0.404 e. The zero-order chi connectivity index (χ0) is 20.2. The summed E-state index contributed by atoms with van der Waals surface area (Å²) in [5.74, 6) is -1.30. The van der Waals surface area contributed by atoms with E-state index in [9.17, 15) is 13.8 Å². The van der Waals surface area contributed by atoms with E-state index >= 15 is 0 Å². The van der Waals surface area contributed by atoms with Gasteiger partial charge in [0, 0.05) is 24.7 Å². The summed E-state index contributed by atoms with van der Waals surface area (Å²) in [6, 6.07) is 3.36. The monoisotopic (exact) mass is 420 g/mol. The Kier molecular flexibility index (Phi) is 7.00. The molecule has 0 unspecified atom stereocenters. The molecule has 1 aliphatic carbocycles. The van der Waals surface area contributed by atoms with Crippen molar-refractivity contribution in [3.8, 4) is 5.75 Å². The van der Waals surface area contributed by atoms with E-state index in [-0.39, 0.29) is 28.7 Å². The summed E-state index contributed by atoms with van der Waals surface area (Å²) in [5, 5.41) is 5.19. The Hall–Kier alpha value is -1.93. The van der Waals surface area contributed by atoms with Gasteiger partial charge in [0.25, 0.3) is 11.1 Å². The fourth-order valence-electron chi connectivity index (χ4n) is 2.66. The maximum Gasteiger partial charge on any atom is 0.524 e. The van der Waals surface area contributed by atoms with Gasteiger partial charge in [-0.25, -0.2) is 14.4 Å². The van der Waals surface area contributed by atoms with Crippen LogP contribution in [0.2, 0.25) is 0 Å². The molecule has 11 heteroatoms. The van der Waals surface area contributed by atoms with Crippen molar-refractivity contribution >= 4 is 30.5 Å². The summed E-state index contributed by atoms with van der Waals surface area (Å²) < 4.78 is 29.5. The van der Waals surface area contributed by atoms with Crippen LogP contribution in [0.25, 0.3) is 0 Å². The fraction of sp³-hybridized carbons (Fsp3) is 0.375. The van der Waals surface area contributed by atoms with Gasteiger partial charge >= 0.3 is 7.82 Å². The average Bonchev–Trinajstić information content (AvgIpc) is 2.48. The van der Waals surface area contributed by atoms with Crippen molar-refractivity contribution in [3.05, 3.63) is 41.4 Å². The highest BCUT2D eigenvalue weighted by atomic mass is 35.5. The molecule has 27 heavy (non-hydrogen) atoms. The van der Waals surface area contributed by atoms with Gasteiger partial charge in [0.2, 0.25) is 0 Å². The number of rotatable bonds is 8. The summed E-state index contributed by atoms with van der Waals surface area (Å²) in [5.41, 5.74) is 5.71. The van der Waals surface area contributed by atoms with Gasteiger partial charge < -0.3 is 15.2 Å². The molecule has 6 N–H and O–H groups in total. The molecule has 0 saturated heterocycles. The van der Waals surface area contributed by atoms with Gasteiger partial charge in [-0.05, 0) is 36.4 Å². The van der Waals surface area contributed by atoms with Gasteiger partial charge in [-0.15, -0.1) is 0 Å². The molecule has 1 amide bonds. The summed E-state index contributed by atoms with van der Waals surface area (Å²) in [7, 11) is -4.79. The zero-order valence-electron chi connectivity index (χ0n) is 14.3. The van der Waals surface area contributed by atoms with Gasteiger partial charge in [-0.1, -0.05) is 12.5 Å². The minimum Gasteiger partial charge on any atom is -0.404 e. The highest BCUT2D eigenvalue weighted by Crippen LogP contribution is 2.38. The maximum atomic E-state index is 14.3. The number of hydrogen-bond donors (Lipinski definition) is 4. The lowest BCUT2D eigenvalue weighted by molar-refractivity contribution is -0.129. The third-order valence-corrected chi connectivity index (χ3v) is 4.70. The molecule has 1 aromatic carbocycles. The standard InChI is InChI=1S/C16H20ClFN3O5P/c17-15(20)7-14(19)16(22)21(8-10-2-1-3-10)9-11-4-5-12(6-13(11)18)26-27(23,24)25/h4-7,10,20H,1-3,8-9,19H2,(H2,23,24,25)/p+1/b14-7-,20-15?. The molecule has 0 spiro atoms. The lowest BCUT2D eigenvalue weighted by atomic mass is 9.85. The van der Waals surface area contributed by atoms with Crippen LogP contribution in [0.4, 0.5) is 4.39 Å². The van der Waals surface area contributed by atoms with Gasteiger partial charge in [0.15, 0.2) is 0 Å². The number of nitrogens with zero attached hydrogens (tertiary/aromatic N) is 1. The number of allylic oxidation sites excluding steroid dienone is 1. The number of phosphoric acid groups is 1. The Labute approximate surface area is 160 Å². The number of carbonyl (C=O) groups is 1. The molecule has 0 heterocycles. The first kappa shape index (κ1) is 21.4. The molecule has 8 nitrogen and oxygen atoms in total. The zero-order valence-corrected chi connectivity index (χ0v) is 16.0. The number of amides is 1. The first-order valence-corrected chi connectivity index (χ1v) is 10.0. The highest BCUT2D eigenvalue weighted by molar-refractivity contribution is 7.46. The number of carbonyl (C=O) groups excluding carboxylic acids is 1. The summed E-state index contributed by atoms with van der Waals surface area (Å²) in [6.07, 6.45) is 4.14. The van der Waals surface area contributed by atoms with Crippen LogP contribution in [0.1, 0.15) is 24.8 Å². The Balaban J connectivity index is 2.20. The Bertz CT molecular complexity index is 809. The molecule has 0 atom stereocenters. The second-order valence-electron chi connectivity index (χ2n) is 6.30. The molecule has 1 aromatic rings. The number of halogens is 2. The van der Waals surface area contributed by atoms with Gasteiger partial charge in [0.1, 0.15) is 17.3 Å². The molecular formula is C16H21ClFN3O5P+. The molecule has 1 aliphatic rings. The maximum absolute atomic E-state index is 14.3. The van der Waals surface area contributed by atoms with Crippen LogP contribution in [-0.2, 0) is 15.9 Å². The van der Waals surface area contributed by atoms with E-state index < -0.39 is 19.5 Å². The Morgan fingerprint density at radius 3 is 2.63 bits per heavy atom. The van der Waals surface area contributed by atoms with E-state index in [1.165, 1.54) is 17.0 Å². The molecule has 0 bridgehead atoms. The van der Waals surface area contributed by atoms with Crippen LogP contribution in [0.15, 0.2) is 30.0 Å². The van der Waals surface area contributed by atoms with E-state index in [4.69, 9.17) is 32.5 Å². The SMILES string of the molecule is N/C(=C\C(=[NH2+])Cl)C(=O)N(Cc1ccc(OP(=O)(O)O)cc1F)CC1CCC1. The first-order chi connectivity index (χ1) is 12.5. The number of phosphoric ester groups is 1. The molecular weight excluding hydrogens is 400 g/mol. The first-order valence-electron chi connectivity index (χ1n) is 8.13. The topological polar surface area (TPSA) is 139 Å². The van der Waals surface area contributed by atoms with Crippen molar-refractivity contribution in [2.75, 3.05) is 6.54 Å². The van der Waals surface area contributed by atoms with Crippen LogP contribution >= 0.6 is 19.4 Å². The Morgan fingerprint density at radius 1 is 1.48 bits per heavy atom. The largest absolute Gasteiger partial charge is 0.524 e. The molecule has 148 valence electrons. The molecule has 1 fully saturated rings. The minimum absolute atomic E-state index is 0.0753. The third kappa shape index (κ3) is 6.62. The van der Waals surface area contributed by atoms with E-state index in [0.29, 0.717) is 12.5 Å². The Morgan fingerprint density at radius 2 is 2.15 bits per heavy atom. The number of nitrogens with two attached hydrogens (primary N) is 2. The fourth-order valence-corrected chi connectivity index (χ4v) is 3.16. The van der Waals surface area contributed by atoms with Crippen molar-refractivity contribution in [1.29, 1.82) is 0 Å². The van der Waals surface area contributed by atoms with Gasteiger partial charge in [0.05, 0.1) is 6.08 Å². The van der Waals surface area contributed by atoms with E-state index in [1.807, 2.05) is 0 Å². The quantitative estimate of drug-likeness (QED) is 0.277. The van der Waals surface area contributed by atoms with Crippen molar-refractivity contribution in [3.63, 3.8) is 0 Å². The highest BCUT2D eigenvalue weighted by Gasteiger charge is 2.26. The minimum atomic E-state index is -4.79. The summed E-state index contributed by atoms with van der Waals surface area (Å²) in [4.78, 5) is 31.6. The van der Waals surface area contributed by atoms with Crippen LogP contribution in [0.5, 0.6) is 5.75 Å². The lowest BCUT2D eigenvalue weighted by Gasteiger charge is -2.32. The van der Waals surface area contributed by atoms with Crippen molar-refractivity contribution in [1.82, 2.24) is 4.90 Å². The van der Waals surface area contributed by atoms with Gasteiger partial charge in [-0.3, -0.25) is 14.6 Å². The normalized spacial score (nSPS) is 15.2. The van der Waals surface area contributed by atoms with Crippen molar-refractivity contribution in [2.45, 2.75) is 25.8 Å². The predicted molar refractivity (Wildman–Crippen MR) is 96.9 cm³/mol. The van der Waals surface area contributed by atoms with Crippen LogP contribution < -0.4 is 15.7 Å². The molecule has 0 radical (unpaired) electrons.